The van der Waals surface area contributed by atoms with Crippen molar-refractivity contribution in [2.75, 3.05) is 5.73 Å². The first-order valence-corrected chi connectivity index (χ1v) is 2.98. The van der Waals surface area contributed by atoms with Crippen LogP contribution < -0.4 is 5.73 Å². The van der Waals surface area contributed by atoms with Gasteiger partial charge in [-0.1, -0.05) is 11.3 Å². The van der Waals surface area contributed by atoms with E-state index in [1.54, 1.807) is 18.2 Å². The summed E-state index contributed by atoms with van der Waals surface area (Å²) in [5.74, 6) is -0.0191. The second-order valence-corrected chi connectivity index (χ2v) is 2.07. The Bertz CT molecular complexity index is 260. The number of Topliss-reactive ketones (excluding diaryl/α,β-unsaturated/α-hetero) is 1. The molecule has 0 radical (unpaired) electrons. The molecule has 0 atom stereocenters. The van der Waals surface area contributed by atoms with Gasteiger partial charge in [0, 0.05) is 0 Å². The molecule has 0 bridgehead atoms. The Morgan fingerprint density at radius 1 is 1.64 bits per heavy atom. The fraction of sp³-hybridized carbons (Fsp3) is 0.125. The van der Waals surface area contributed by atoms with Gasteiger partial charge in [0.15, 0.2) is 0 Å². The fourth-order valence-electron chi connectivity index (χ4n) is 0.747. The van der Waals surface area contributed by atoms with Crippen molar-refractivity contribution < 1.29 is 37.5 Å². The first kappa shape index (κ1) is 10.8. The summed E-state index contributed by atoms with van der Waals surface area (Å²) in [6.45, 7) is 1.49. The number of rotatable bonds is 1. The Hall–Kier alpha value is -0.206. The second-order valence-electron chi connectivity index (χ2n) is 2.07. The van der Waals surface area contributed by atoms with Crippen molar-refractivity contribution in [3.8, 4) is 0 Å². The van der Waals surface area contributed by atoms with E-state index in [0.29, 0.717) is 11.3 Å². The summed E-state index contributed by atoms with van der Waals surface area (Å²) in [4.78, 5) is 10.8. The Morgan fingerprint density at radius 2 is 2.27 bits per heavy atom. The average molecular weight is 223 g/mol. The van der Waals surface area contributed by atoms with Gasteiger partial charge >= 0.3 is 32.7 Å². The molecule has 0 aliphatic heterocycles. The van der Waals surface area contributed by atoms with E-state index in [1.807, 2.05) is 0 Å². The van der Waals surface area contributed by atoms with Gasteiger partial charge in [-0.2, -0.15) is 18.2 Å². The summed E-state index contributed by atoms with van der Waals surface area (Å²) in [7, 11) is 0. The van der Waals surface area contributed by atoms with Crippen molar-refractivity contribution in [3.63, 3.8) is 0 Å². The molecule has 0 aromatic heterocycles. The minimum absolute atomic E-state index is 0. The summed E-state index contributed by atoms with van der Waals surface area (Å²) in [6, 6.07) is 7.72. The molecule has 0 unspecified atom stereocenters. The third-order valence-electron chi connectivity index (χ3n) is 1.28. The number of hydrogen-bond acceptors (Lipinski definition) is 2. The van der Waals surface area contributed by atoms with Gasteiger partial charge in [0.25, 0.3) is 0 Å². The molecule has 11 heavy (non-hydrogen) atoms. The molecule has 0 saturated heterocycles. The van der Waals surface area contributed by atoms with E-state index in [1.165, 1.54) is 6.92 Å². The van der Waals surface area contributed by atoms with Gasteiger partial charge in [0.05, 0.1) is 0 Å². The number of ketones is 1. The van der Waals surface area contributed by atoms with E-state index in [-0.39, 0.29) is 38.5 Å². The molecule has 1 rings (SSSR count). The molecule has 0 fully saturated rings. The Balaban J connectivity index is 0.000001000. The number of nitrogens with two attached hydrogens (primary N) is 1. The van der Waals surface area contributed by atoms with Crippen molar-refractivity contribution in [1.82, 2.24) is 0 Å². The predicted octanol–water partition coefficient (Wildman–Crippen LogP) is 1.27. The van der Waals surface area contributed by atoms with Crippen LogP contribution in [0.2, 0.25) is 0 Å². The SMILES string of the molecule is CC(=O)c1c[c-]ccc1N.[Y+3]. The summed E-state index contributed by atoms with van der Waals surface area (Å²) in [5.41, 5.74) is 6.54. The van der Waals surface area contributed by atoms with E-state index >= 15 is 0 Å². The van der Waals surface area contributed by atoms with E-state index < -0.39 is 0 Å². The average Bonchev–Trinajstić information content (AvgIpc) is 1.88. The molecule has 0 saturated carbocycles. The Morgan fingerprint density at radius 3 is 2.64 bits per heavy atom. The molecule has 0 amide bonds. The standard InChI is InChI=1S/C8H8NO.Y/c1-6(10)7-4-2-3-5-8(7)9;/h3-5H,9H2,1H3;/q-1;+3. The Labute approximate surface area is 91.0 Å². The van der Waals surface area contributed by atoms with Crippen LogP contribution in [0.5, 0.6) is 0 Å². The molecule has 1 aromatic carbocycles. The summed E-state index contributed by atoms with van der Waals surface area (Å²) in [6.07, 6.45) is 0. The molecule has 0 spiro atoms. The van der Waals surface area contributed by atoms with Gasteiger partial charge in [-0.05, 0) is 6.92 Å². The minimum atomic E-state index is -0.0191. The summed E-state index contributed by atoms with van der Waals surface area (Å²) in [5, 5.41) is 0. The van der Waals surface area contributed by atoms with Crippen molar-refractivity contribution in [2.45, 2.75) is 6.92 Å². The van der Waals surface area contributed by atoms with Crippen LogP contribution in [0.15, 0.2) is 18.2 Å². The van der Waals surface area contributed by atoms with Crippen LogP contribution in [0.4, 0.5) is 5.69 Å². The first-order chi connectivity index (χ1) is 4.72. The van der Waals surface area contributed by atoms with Crippen molar-refractivity contribution in [3.05, 3.63) is 29.8 Å². The van der Waals surface area contributed by atoms with Crippen LogP contribution in [0.1, 0.15) is 17.3 Å². The molecule has 0 aliphatic carbocycles. The van der Waals surface area contributed by atoms with E-state index in [2.05, 4.69) is 6.07 Å². The second kappa shape index (κ2) is 4.63. The molecular formula is C8H8NOY+2. The van der Waals surface area contributed by atoms with Crippen molar-refractivity contribution >= 4 is 11.5 Å². The quantitative estimate of drug-likeness (QED) is 0.442. The van der Waals surface area contributed by atoms with E-state index in [9.17, 15) is 4.79 Å². The summed E-state index contributed by atoms with van der Waals surface area (Å²) < 4.78 is 0. The normalized spacial score (nSPS) is 8.45. The zero-order valence-electron chi connectivity index (χ0n) is 6.29. The zero-order chi connectivity index (χ0) is 7.56. The Kier molecular flexibility index (Phi) is 4.54. The van der Waals surface area contributed by atoms with Gasteiger partial charge < -0.3 is 10.5 Å². The number of nitrogen functional groups attached to an aromatic ring is 1. The maximum Gasteiger partial charge on any atom is 3.00 e. The zero-order valence-corrected chi connectivity index (χ0v) is 9.13. The van der Waals surface area contributed by atoms with Gasteiger partial charge in [-0.25, -0.2) is 0 Å². The van der Waals surface area contributed by atoms with Crippen molar-refractivity contribution in [2.24, 2.45) is 0 Å². The van der Waals surface area contributed by atoms with Crippen LogP contribution in [0.3, 0.4) is 0 Å². The molecule has 0 heterocycles. The molecule has 2 nitrogen and oxygen atoms in total. The minimum Gasteiger partial charge on any atom is -0.419 e. The fourth-order valence-corrected chi connectivity index (χ4v) is 0.747. The van der Waals surface area contributed by atoms with Gasteiger partial charge in [-0.3, -0.25) is 0 Å². The topological polar surface area (TPSA) is 43.1 Å². The molecule has 0 aliphatic rings. The van der Waals surface area contributed by atoms with E-state index in [4.69, 9.17) is 5.73 Å². The molecule has 3 heteroatoms. The number of benzene rings is 1. The van der Waals surface area contributed by atoms with Gasteiger partial charge in [0.2, 0.25) is 0 Å². The molecule has 1 aromatic rings. The van der Waals surface area contributed by atoms with Crippen LogP contribution in [0, 0.1) is 6.07 Å². The van der Waals surface area contributed by atoms with Crippen LogP contribution >= 0.6 is 0 Å². The molecule has 52 valence electrons. The monoisotopic (exact) mass is 223 g/mol. The predicted molar refractivity (Wildman–Crippen MR) is 39.7 cm³/mol. The maximum absolute atomic E-state index is 10.8. The molecular weight excluding hydrogens is 215 g/mol. The van der Waals surface area contributed by atoms with Gasteiger partial charge in [-0.15, -0.1) is 6.07 Å². The van der Waals surface area contributed by atoms with Crippen LogP contribution in [-0.2, 0) is 32.7 Å². The summed E-state index contributed by atoms with van der Waals surface area (Å²) >= 11 is 0. The van der Waals surface area contributed by atoms with Gasteiger partial charge in [0.1, 0.15) is 5.78 Å². The largest absolute Gasteiger partial charge is 3.00 e. The van der Waals surface area contributed by atoms with E-state index in [0.717, 1.165) is 0 Å². The smallest absolute Gasteiger partial charge is 0.419 e. The maximum atomic E-state index is 10.8. The van der Waals surface area contributed by atoms with Crippen LogP contribution in [-0.4, -0.2) is 5.78 Å². The number of carbonyl (C=O) groups excluding carboxylic acids is 1. The number of anilines is 1. The van der Waals surface area contributed by atoms with Crippen molar-refractivity contribution in [1.29, 1.82) is 0 Å². The third-order valence-corrected chi connectivity index (χ3v) is 1.28. The number of hydrogen-bond donors (Lipinski definition) is 1. The first-order valence-electron chi connectivity index (χ1n) is 2.98. The number of carbonyl (C=O) groups is 1. The molecule has 2 N–H and O–H groups in total. The van der Waals surface area contributed by atoms with Crippen LogP contribution in [0.25, 0.3) is 0 Å². The third kappa shape index (κ3) is 2.72.